The van der Waals surface area contributed by atoms with Gasteiger partial charge < -0.3 is 15.6 Å². The van der Waals surface area contributed by atoms with E-state index in [-0.39, 0.29) is 0 Å². The average Bonchev–Trinajstić information content (AvgIpc) is 2.34. The van der Waals surface area contributed by atoms with Crippen LogP contribution in [-0.4, -0.2) is 42.1 Å². The first kappa shape index (κ1) is 14.7. The zero-order chi connectivity index (χ0) is 13.4. The van der Waals surface area contributed by atoms with E-state index < -0.39 is 0 Å². The van der Waals surface area contributed by atoms with Crippen molar-refractivity contribution in [3.05, 3.63) is 11.9 Å². The Balaban J connectivity index is 2.55. The molecule has 6 heteroatoms. The predicted molar refractivity (Wildman–Crippen MR) is 75.5 cm³/mol. The van der Waals surface area contributed by atoms with E-state index in [1.54, 1.807) is 0 Å². The highest BCUT2D eigenvalue weighted by Gasteiger charge is 2.03. The zero-order valence-electron chi connectivity index (χ0n) is 11.5. The van der Waals surface area contributed by atoms with Gasteiger partial charge in [0, 0.05) is 19.0 Å². The third kappa shape index (κ3) is 5.29. The fourth-order valence-corrected chi connectivity index (χ4v) is 1.61. The summed E-state index contributed by atoms with van der Waals surface area (Å²) in [7, 11) is 4.14. The topological polar surface area (TPSA) is 79.1 Å². The molecule has 0 saturated heterocycles. The maximum atomic E-state index is 5.40. The van der Waals surface area contributed by atoms with Gasteiger partial charge in [0.1, 0.15) is 17.5 Å². The Labute approximate surface area is 109 Å². The van der Waals surface area contributed by atoms with E-state index in [2.05, 4.69) is 46.6 Å². The van der Waals surface area contributed by atoms with Gasteiger partial charge >= 0.3 is 0 Å². The second kappa shape index (κ2) is 7.84. The van der Waals surface area contributed by atoms with Crippen molar-refractivity contribution in [2.24, 2.45) is 5.84 Å². The van der Waals surface area contributed by atoms with Crippen molar-refractivity contribution in [2.45, 2.75) is 26.2 Å². The van der Waals surface area contributed by atoms with Gasteiger partial charge in [0.2, 0.25) is 0 Å². The van der Waals surface area contributed by atoms with Crippen molar-refractivity contribution in [2.75, 3.05) is 37.9 Å². The lowest BCUT2D eigenvalue weighted by Gasteiger charge is -2.11. The minimum absolute atomic E-state index is 0.656. The number of hydrogen-bond donors (Lipinski definition) is 3. The molecular weight excluding hydrogens is 228 g/mol. The second-order valence-corrected chi connectivity index (χ2v) is 4.53. The Morgan fingerprint density at radius 1 is 1.28 bits per heavy atom. The smallest absolute Gasteiger partial charge is 0.145 e. The van der Waals surface area contributed by atoms with E-state index in [4.69, 9.17) is 5.84 Å². The molecule has 0 aromatic carbocycles. The van der Waals surface area contributed by atoms with E-state index in [9.17, 15) is 0 Å². The van der Waals surface area contributed by atoms with Crippen LogP contribution in [0.1, 0.15) is 25.6 Å². The largest absolute Gasteiger partial charge is 0.370 e. The minimum atomic E-state index is 0.656. The summed E-state index contributed by atoms with van der Waals surface area (Å²) in [6.07, 6.45) is 2.96. The van der Waals surface area contributed by atoms with Crippen molar-refractivity contribution in [3.8, 4) is 0 Å². The van der Waals surface area contributed by atoms with Gasteiger partial charge in [-0.25, -0.2) is 15.8 Å². The first-order chi connectivity index (χ1) is 8.65. The molecular formula is C12H24N6. The van der Waals surface area contributed by atoms with E-state index in [0.717, 1.165) is 44.0 Å². The maximum absolute atomic E-state index is 5.40. The van der Waals surface area contributed by atoms with Crippen molar-refractivity contribution in [3.63, 3.8) is 0 Å². The van der Waals surface area contributed by atoms with Crippen molar-refractivity contribution < 1.29 is 0 Å². The highest BCUT2D eigenvalue weighted by Crippen LogP contribution is 2.11. The van der Waals surface area contributed by atoms with Crippen LogP contribution in [0.5, 0.6) is 0 Å². The van der Waals surface area contributed by atoms with Crippen LogP contribution in [-0.2, 0) is 6.42 Å². The average molecular weight is 252 g/mol. The first-order valence-corrected chi connectivity index (χ1v) is 6.39. The van der Waals surface area contributed by atoms with Crippen LogP contribution in [0, 0.1) is 0 Å². The molecule has 0 spiro atoms. The fourth-order valence-electron chi connectivity index (χ4n) is 1.61. The Morgan fingerprint density at radius 3 is 2.61 bits per heavy atom. The van der Waals surface area contributed by atoms with Crippen molar-refractivity contribution in [1.29, 1.82) is 0 Å². The number of hydrogen-bond acceptors (Lipinski definition) is 6. The van der Waals surface area contributed by atoms with Gasteiger partial charge in [-0.05, 0) is 33.5 Å². The van der Waals surface area contributed by atoms with Gasteiger partial charge in [0.05, 0.1) is 0 Å². The lowest BCUT2D eigenvalue weighted by atomic mass is 10.3. The summed E-state index contributed by atoms with van der Waals surface area (Å²) in [4.78, 5) is 10.9. The molecule has 1 heterocycles. The Morgan fingerprint density at radius 2 is 2.00 bits per heavy atom. The molecule has 18 heavy (non-hydrogen) atoms. The Bertz CT molecular complexity index is 352. The van der Waals surface area contributed by atoms with Crippen LogP contribution >= 0.6 is 0 Å². The third-order valence-electron chi connectivity index (χ3n) is 2.48. The summed E-state index contributed by atoms with van der Waals surface area (Å²) in [6, 6.07) is 1.83. The molecule has 6 nitrogen and oxygen atoms in total. The quantitative estimate of drug-likeness (QED) is 0.365. The summed E-state index contributed by atoms with van der Waals surface area (Å²) < 4.78 is 0. The highest BCUT2D eigenvalue weighted by atomic mass is 15.3. The van der Waals surface area contributed by atoms with Crippen LogP contribution in [0.3, 0.4) is 0 Å². The summed E-state index contributed by atoms with van der Waals surface area (Å²) in [5.41, 5.74) is 2.58. The number of nitrogen functional groups attached to an aromatic ring is 1. The summed E-state index contributed by atoms with van der Waals surface area (Å²) in [5.74, 6) is 7.72. The Hall–Kier alpha value is -1.40. The van der Waals surface area contributed by atoms with Crippen molar-refractivity contribution in [1.82, 2.24) is 14.9 Å². The van der Waals surface area contributed by atoms with Gasteiger partial charge in [-0.15, -0.1) is 0 Å². The number of anilines is 2. The van der Waals surface area contributed by atoms with E-state index >= 15 is 0 Å². The maximum Gasteiger partial charge on any atom is 0.145 e. The monoisotopic (exact) mass is 252 g/mol. The molecule has 102 valence electrons. The number of nitrogens with two attached hydrogens (primary N) is 1. The van der Waals surface area contributed by atoms with Gasteiger partial charge in [-0.2, -0.15) is 0 Å². The molecule has 4 N–H and O–H groups in total. The second-order valence-electron chi connectivity index (χ2n) is 4.53. The number of hydrazine groups is 1. The fraction of sp³-hybridized carbons (Fsp3) is 0.667. The molecule has 0 aliphatic rings. The van der Waals surface area contributed by atoms with E-state index in [0.29, 0.717) is 5.82 Å². The summed E-state index contributed by atoms with van der Waals surface area (Å²) in [6.45, 7) is 4.06. The molecule has 1 aromatic rings. The number of nitrogens with zero attached hydrogens (tertiary/aromatic N) is 3. The molecule has 0 radical (unpaired) electrons. The Kier molecular flexibility index (Phi) is 6.38. The normalized spacial score (nSPS) is 10.7. The molecule has 0 unspecified atom stereocenters. The molecule has 1 rings (SSSR count). The lowest BCUT2D eigenvalue weighted by Crippen LogP contribution is -2.17. The number of aryl methyl sites for hydroxylation is 1. The number of rotatable bonds is 8. The van der Waals surface area contributed by atoms with E-state index in [1.165, 1.54) is 0 Å². The molecule has 0 saturated carbocycles. The van der Waals surface area contributed by atoms with Crippen LogP contribution in [0.4, 0.5) is 11.6 Å². The van der Waals surface area contributed by atoms with Gasteiger partial charge in [0.15, 0.2) is 0 Å². The summed E-state index contributed by atoms with van der Waals surface area (Å²) >= 11 is 0. The molecule has 0 bridgehead atoms. The molecule has 0 amide bonds. The SMILES string of the molecule is CCCc1nc(NN)cc(NCCCN(C)C)n1. The minimum Gasteiger partial charge on any atom is -0.370 e. The summed E-state index contributed by atoms with van der Waals surface area (Å²) in [5, 5.41) is 3.30. The molecule has 1 aromatic heterocycles. The van der Waals surface area contributed by atoms with E-state index in [1.807, 2.05) is 6.07 Å². The molecule has 0 atom stereocenters. The first-order valence-electron chi connectivity index (χ1n) is 6.39. The zero-order valence-corrected chi connectivity index (χ0v) is 11.5. The molecule has 0 aliphatic carbocycles. The lowest BCUT2D eigenvalue weighted by molar-refractivity contribution is 0.405. The molecule has 0 aliphatic heterocycles. The third-order valence-corrected chi connectivity index (χ3v) is 2.48. The standard InChI is InChI=1S/C12H24N6/c1-4-6-10-15-11(9-12(16-10)17-13)14-7-5-8-18(2)3/h9H,4-8,13H2,1-3H3,(H2,14,15,16,17). The van der Waals surface area contributed by atoms with Gasteiger partial charge in [-0.3, -0.25) is 0 Å². The number of nitrogens with one attached hydrogen (secondary N) is 2. The van der Waals surface area contributed by atoms with Crippen LogP contribution in [0.25, 0.3) is 0 Å². The van der Waals surface area contributed by atoms with Gasteiger partial charge in [0.25, 0.3) is 0 Å². The highest BCUT2D eigenvalue weighted by molar-refractivity contribution is 5.46. The van der Waals surface area contributed by atoms with Crippen LogP contribution in [0.15, 0.2) is 6.07 Å². The van der Waals surface area contributed by atoms with Crippen LogP contribution in [0.2, 0.25) is 0 Å². The predicted octanol–water partition coefficient (Wildman–Crippen LogP) is 1.08. The van der Waals surface area contributed by atoms with Gasteiger partial charge in [-0.1, -0.05) is 6.92 Å². The van der Waals surface area contributed by atoms with Crippen molar-refractivity contribution >= 4 is 11.6 Å². The van der Waals surface area contributed by atoms with Crippen LogP contribution < -0.4 is 16.6 Å². The number of aromatic nitrogens is 2. The molecule has 0 fully saturated rings.